The summed E-state index contributed by atoms with van der Waals surface area (Å²) in [7, 11) is -1.26. The largest absolute Gasteiger partial charge is 0.355 e. The number of guanidine groups is 1. The van der Waals surface area contributed by atoms with E-state index in [1.165, 1.54) is 5.56 Å². The van der Waals surface area contributed by atoms with Crippen molar-refractivity contribution >= 4 is 27.1 Å². The predicted octanol–water partition coefficient (Wildman–Crippen LogP) is 0.848. The van der Waals surface area contributed by atoms with Crippen molar-refractivity contribution in [3.8, 4) is 0 Å². The minimum atomic E-state index is -2.93. The Labute approximate surface area is 112 Å². The van der Waals surface area contributed by atoms with Gasteiger partial charge in [-0.25, -0.2) is 8.42 Å². The maximum Gasteiger partial charge on any atom is 0.191 e. The molecular weight excluding hydrogens is 270 g/mol. The minimum Gasteiger partial charge on any atom is -0.355 e. The van der Waals surface area contributed by atoms with E-state index in [1.807, 2.05) is 11.4 Å². The van der Waals surface area contributed by atoms with Gasteiger partial charge in [-0.1, -0.05) is 6.92 Å². The summed E-state index contributed by atoms with van der Waals surface area (Å²) < 4.78 is 22.6. The molecule has 0 saturated heterocycles. The molecule has 1 aromatic heterocycles. The summed E-state index contributed by atoms with van der Waals surface area (Å²) in [5.41, 5.74) is 1.18. The van der Waals surface area contributed by atoms with Crippen LogP contribution in [0.15, 0.2) is 21.8 Å². The smallest absolute Gasteiger partial charge is 0.191 e. The predicted molar refractivity (Wildman–Crippen MR) is 76.8 cm³/mol. The second-order valence-electron chi connectivity index (χ2n) is 3.72. The molecule has 0 spiro atoms. The van der Waals surface area contributed by atoms with Gasteiger partial charge in [0.2, 0.25) is 0 Å². The van der Waals surface area contributed by atoms with Crippen LogP contribution in [0.25, 0.3) is 0 Å². The van der Waals surface area contributed by atoms with Gasteiger partial charge in [-0.3, -0.25) is 4.99 Å². The molecule has 1 rings (SSSR count). The van der Waals surface area contributed by atoms with Crippen molar-refractivity contribution in [2.75, 3.05) is 25.1 Å². The molecule has 0 aromatic carbocycles. The Balaban J connectivity index is 2.31. The molecule has 0 atom stereocenters. The van der Waals surface area contributed by atoms with Crippen LogP contribution in [0.5, 0.6) is 0 Å². The van der Waals surface area contributed by atoms with Crippen LogP contribution in [0.3, 0.4) is 0 Å². The average Bonchev–Trinajstić information content (AvgIpc) is 2.86. The number of rotatable bonds is 6. The fourth-order valence-electron chi connectivity index (χ4n) is 1.27. The number of aliphatic imine (C=N–C) groups is 1. The average molecular weight is 289 g/mol. The highest BCUT2D eigenvalue weighted by atomic mass is 32.2. The second-order valence-corrected chi connectivity index (χ2v) is 6.97. The van der Waals surface area contributed by atoms with Gasteiger partial charge in [0.15, 0.2) is 15.8 Å². The third-order valence-electron chi connectivity index (χ3n) is 2.41. The molecule has 1 heterocycles. The fraction of sp³-hybridized carbons (Fsp3) is 0.545. The van der Waals surface area contributed by atoms with E-state index in [9.17, 15) is 8.42 Å². The van der Waals surface area contributed by atoms with Crippen LogP contribution in [0.2, 0.25) is 0 Å². The van der Waals surface area contributed by atoms with Crippen molar-refractivity contribution in [1.82, 2.24) is 10.6 Å². The van der Waals surface area contributed by atoms with E-state index in [2.05, 4.69) is 21.0 Å². The highest BCUT2D eigenvalue weighted by Gasteiger charge is 2.07. The first kappa shape index (κ1) is 15.0. The van der Waals surface area contributed by atoms with E-state index < -0.39 is 9.84 Å². The summed E-state index contributed by atoms with van der Waals surface area (Å²) in [5.74, 6) is 0.922. The van der Waals surface area contributed by atoms with Gasteiger partial charge in [0.1, 0.15) is 0 Å². The Kier molecular flexibility index (Phi) is 6.14. The third kappa shape index (κ3) is 5.50. The minimum absolute atomic E-state index is 0.128. The van der Waals surface area contributed by atoms with Crippen molar-refractivity contribution < 1.29 is 8.42 Å². The lowest BCUT2D eigenvalue weighted by Gasteiger charge is -2.11. The van der Waals surface area contributed by atoms with Crippen LogP contribution in [0, 0.1) is 0 Å². The molecule has 0 fully saturated rings. The third-order valence-corrected chi connectivity index (χ3v) is 4.85. The van der Waals surface area contributed by atoms with Crippen LogP contribution in [-0.2, 0) is 16.4 Å². The van der Waals surface area contributed by atoms with Crippen LogP contribution in [0.4, 0.5) is 0 Å². The molecule has 0 radical (unpaired) electrons. The van der Waals surface area contributed by atoms with E-state index in [1.54, 1.807) is 25.3 Å². The van der Waals surface area contributed by atoms with E-state index >= 15 is 0 Å². The first-order chi connectivity index (χ1) is 8.57. The Bertz CT molecular complexity index is 466. The quantitative estimate of drug-likeness (QED) is 0.601. The van der Waals surface area contributed by atoms with Crippen molar-refractivity contribution in [3.63, 3.8) is 0 Å². The van der Waals surface area contributed by atoms with E-state index in [4.69, 9.17) is 0 Å². The number of nitrogens with zero attached hydrogens (tertiary/aromatic N) is 1. The molecule has 2 N–H and O–H groups in total. The summed E-state index contributed by atoms with van der Waals surface area (Å²) in [6.07, 6.45) is 0. The molecule has 102 valence electrons. The maximum atomic E-state index is 11.3. The molecule has 1 aromatic rings. The first-order valence-corrected chi connectivity index (χ1v) is 8.50. The molecule has 7 heteroatoms. The zero-order valence-electron chi connectivity index (χ0n) is 10.6. The number of sulfone groups is 1. The highest BCUT2D eigenvalue weighted by molar-refractivity contribution is 7.91. The molecule has 0 aliphatic heterocycles. The first-order valence-electron chi connectivity index (χ1n) is 5.73. The normalized spacial score (nSPS) is 12.4. The number of hydrogen-bond acceptors (Lipinski definition) is 4. The van der Waals surface area contributed by atoms with Gasteiger partial charge in [-0.2, -0.15) is 11.3 Å². The van der Waals surface area contributed by atoms with Crippen molar-refractivity contribution in [2.45, 2.75) is 13.5 Å². The summed E-state index contributed by atoms with van der Waals surface area (Å²) in [6, 6.07) is 2.03. The SMILES string of the molecule is CCS(=O)(=O)CCNC(=NC)NCc1ccsc1. The lowest BCUT2D eigenvalue weighted by atomic mass is 10.3. The maximum absolute atomic E-state index is 11.3. The summed E-state index contributed by atoms with van der Waals surface area (Å²) in [4.78, 5) is 4.04. The molecule has 5 nitrogen and oxygen atoms in total. The molecule has 18 heavy (non-hydrogen) atoms. The van der Waals surface area contributed by atoms with Crippen LogP contribution in [0.1, 0.15) is 12.5 Å². The molecule has 0 aliphatic rings. The molecule has 0 unspecified atom stereocenters. The molecule has 0 bridgehead atoms. The van der Waals surface area contributed by atoms with Crippen molar-refractivity contribution in [1.29, 1.82) is 0 Å². The monoisotopic (exact) mass is 289 g/mol. The zero-order chi connectivity index (χ0) is 13.4. The number of hydrogen-bond donors (Lipinski definition) is 2. The molecular formula is C11H19N3O2S2. The number of thiophene rings is 1. The van der Waals surface area contributed by atoms with E-state index in [-0.39, 0.29) is 11.5 Å². The summed E-state index contributed by atoms with van der Waals surface area (Å²) in [5, 5.41) is 10.2. The molecule has 0 amide bonds. The van der Waals surface area contributed by atoms with Gasteiger partial charge in [-0.05, 0) is 22.4 Å². The number of nitrogens with one attached hydrogen (secondary N) is 2. The zero-order valence-corrected chi connectivity index (χ0v) is 12.3. The van der Waals surface area contributed by atoms with Crippen molar-refractivity contribution in [2.24, 2.45) is 4.99 Å². The Hall–Kier alpha value is -1.08. The lowest BCUT2D eigenvalue weighted by molar-refractivity contribution is 0.595. The van der Waals surface area contributed by atoms with Gasteiger partial charge < -0.3 is 10.6 Å². The summed E-state index contributed by atoms with van der Waals surface area (Å²) in [6.45, 7) is 2.71. The van der Waals surface area contributed by atoms with E-state index in [0.717, 1.165) is 0 Å². The Morgan fingerprint density at radius 3 is 2.78 bits per heavy atom. The van der Waals surface area contributed by atoms with Gasteiger partial charge >= 0.3 is 0 Å². The van der Waals surface area contributed by atoms with Gasteiger partial charge in [0, 0.05) is 25.9 Å². The second kappa shape index (κ2) is 7.38. The summed E-state index contributed by atoms with van der Waals surface area (Å²) >= 11 is 1.64. The van der Waals surface area contributed by atoms with Crippen LogP contribution >= 0.6 is 11.3 Å². The Morgan fingerprint density at radius 2 is 2.22 bits per heavy atom. The van der Waals surface area contributed by atoms with Gasteiger partial charge in [-0.15, -0.1) is 0 Å². The Morgan fingerprint density at radius 1 is 1.44 bits per heavy atom. The van der Waals surface area contributed by atoms with Crippen molar-refractivity contribution in [3.05, 3.63) is 22.4 Å². The van der Waals surface area contributed by atoms with Gasteiger partial charge in [0.25, 0.3) is 0 Å². The van der Waals surface area contributed by atoms with Gasteiger partial charge in [0.05, 0.1) is 5.75 Å². The molecule has 0 aliphatic carbocycles. The molecule has 0 saturated carbocycles. The van der Waals surface area contributed by atoms with Crippen LogP contribution < -0.4 is 10.6 Å². The van der Waals surface area contributed by atoms with Crippen LogP contribution in [-0.4, -0.2) is 39.5 Å². The topological polar surface area (TPSA) is 70.6 Å². The standard InChI is InChI=1S/C11H19N3O2S2/c1-3-18(15,16)7-5-13-11(12-2)14-8-10-4-6-17-9-10/h4,6,9H,3,5,7-8H2,1-2H3,(H2,12,13,14). The fourth-order valence-corrected chi connectivity index (χ4v) is 2.64. The van der Waals surface area contributed by atoms with E-state index in [0.29, 0.717) is 19.0 Å². The highest BCUT2D eigenvalue weighted by Crippen LogP contribution is 2.04. The lowest BCUT2D eigenvalue weighted by Crippen LogP contribution is -2.39.